The summed E-state index contributed by atoms with van der Waals surface area (Å²) in [5, 5.41) is 0. The minimum absolute atomic E-state index is 0.170. The summed E-state index contributed by atoms with van der Waals surface area (Å²) >= 11 is 0. The number of aryl methyl sites for hydroxylation is 2. The van der Waals surface area contributed by atoms with E-state index in [-0.39, 0.29) is 5.91 Å². The molecule has 1 fully saturated rings. The molecule has 0 aromatic heterocycles. The van der Waals surface area contributed by atoms with Gasteiger partial charge in [0.05, 0.1) is 0 Å². The molecule has 4 rings (SSSR count). The van der Waals surface area contributed by atoms with Crippen LogP contribution in [-0.4, -0.2) is 41.9 Å². The lowest BCUT2D eigenvalue weighted by atomic mass is 9.86. The van der Waals surface area contributed by atoms with Crippen LogP contribution in [0.25, 0.3) is 0 Å². The molecule has 2 aliphatic rings. The number of carbonyl (C=O) groups excluding carboxylic acids is 1. The van der Waals surface area contributed by atoms with E-state index in [1.54, 1.807) is 0 Å². The van der Waals surface area contributed by atoms with Crippen LogP contribution >= 0.6 is 0 Å². The van der Waals surface area contributed by atoms with E-state index in [2.05, 4.69) is 36.1 Å². The van der Waals surface area contributed by atoms with Gasteiger partial charge in [-0.05, 0) is 49.4 Å². The number of nitrogens with zero attached hydrogens (tertiary/aromatic N) is 2. The Labute approximate surface area is 150 Å². The smallest absolute Gasteiger partial charge is 0.253 e. The highest BCUT2D eigenvalue weighted by atomic mass is 16.2. The largest absolute Gasteiger partial charge is 0.336 e. The third kappa shape index (κ3) is 3.34. The lowest BCUT2D eigenvalue weighted by Gasteiger charge is -2.41. The van der Waals surface area contributed by atoms with Crippen LogP contribution in [0.15, 0.2) is 48.5 Å². The number of amides is 1. The number of piperazine rings is 1. The zero-order valence-corrected chi connectivity index (χ0v) is 14.9. The summed E-state index contributed by atoms with van der Waals surface area (Å²) in [4.78, 5) is 17.3. The number of benzene rings is 2. The number of hydrogen-bond acceptors (Lipinski definition) is 2. The average Bonchev–Trinajstić information content (AvgIpc) is 2.68. The molecule has 1 heterocycles. The first-order valence-electron chi connectivity index (χ1n) is 9.40. The van der Waals surface area contributed by atoms with Crippen molar-refractivity contribution in [1.29, 1.82) is 0 Å². The fourth-order valence-electron chi connectivity index (χ4n) is 4.22. The number of fused-ring (bicyclic) bond motifs is 1. The van der Waals surface area contributed by atoms with E-state index < -0.39 is 0 Å². The van der Waals surface area contributed by atoms with Gasteiger partial charge in [-0.2, -0.15) is 0 Å². The fourth-order valence-corrected chi connectivity index (χ4v) is 4.22. The molecule has 0 N–H and O–H groups in total. The molecule has 1 atom stereocenters. The van der Waals surface area contributed by atoms with Crippen molar-refractivity contribution in [3.8, 4) is 0 Å². The second-order valence-electron chi connectivity index (χ2n) is 7.30. The molecule has 0 radical (unpaired) electrons. The first-order valence-corrected chi connectivity index (χ1v) is 9.40. The van der Waals surface area contributed by atoms with E-state index in [1.807, 2.05) is 29.2 Å². The zero-order valence-electron chi connectivity index (χ0n) is 14.9. The third-order valence-electron chi connectivity index (χ3n) is 5.68. The molecule has 130 valence electrons. The maximum absolute atomic E-state index is 12.7. The van der Waals surface area contributed by atoms with Crippen LogP contribution in [-0.2, 0) is 6.42 Å². The highest BCUT2D eigenvalue weighted by molar-refractivity contribution is 5.94. The van der Waals surface area contributed by atoms with Crippen molar-refractivity contribution in [2.24, 2.45) is 0 Å². The van der Waals surface area contributed by atoms with Crippen molar-refractivity contribution in [3.63, 3.8) is 0 Å². The maximum Gasteiger partial charge on any atom is 0.253 e. The Hall–Kier alpha value is -2.13. The number of rotatable bonds is 2. The van der Waals surface area contributed by atoms with Crippen molar-refractivity contribution in [1.82, 2.24) is 9.80 Å². The van der Waals surface area contributed by atoms with Crippen molar-refractivity contribution >= 4 is 5.91 Å². The van der Waals surface area contributed by atoms with E-state index in [4.69, 9.17) is 0 Å². The molecule has 0 saturated carbocycles. The summed E-state index contributed by atoms with van der Waals surface area (Å²) in [5.74, 6) is 0.170. The summed E-state index contributed by atoms with van der Waals surface area (Å²) in [7, 11) is 0. The van der Waals surface area contributed by atoms with Gasteiger partial charge >= 0.3 is 0 Å². The van der Waals surface area contributed by atoms with Crippen molar-refractivity contribution in [2.45, 2.75) is 32.2 Å². The topological polar surface area (TPSA) is 23.6 Å². The fraction of sp³-hybridized carbons (Fsp3) is 0.409. The van der Waals surface area contributed by atoms with Crippen LogP contribution in [0.1, 0.15) is 45.9 Å². The minimum atomic E-state index is 0.170. The predicted molar refractivity (Wildman–Crippen MR) is 101 cm³/mol. The van der Waals surface area contributed by atoms with Gasteiger partial charge in [0.1, 0.15) is 0 Å². The lowest BCUT2D eigenvalue weighted by Crippen LogP contribution is -2.50. The normalized spacial score (nSPS) is 21.0. The Kier molecular flexibility index (Phi) is 4.58. The quantitative estimate of drug-likeness (QED) is 0.833. The molecule has 1 aliphatic heterocycles. The van der Waals surface area contributed by atoms with Gasteiger partial charge in [-0.3, -0.25) is 9.69 Å². The second-order valence-corrected chi connectivity index (χ2v) is 7.30. The highest BCUT2D eigenvalue weighted by Crippen LogP contribution is 2.34. The molecule has 1 saturated heterocycles. The van der Waals surface area contributed by atoms with E-state index in [1.165, 1.54) is 36.0 Å². The standard InChI is InChI=1S/C22H26N2O/c1-17-9-11-19(12-10-17)22(25)24-15-13-23(14-16-24)21-8-4-6-18-5-2-3-7-20(18)21/h2-3,5,7,9-12,21H,4,6,8,13-16H2,1H3. The molecule has 3 nitrogen and oxygen atoms in total. The molecule has 0 bridgehead atoms. The minimum Gasteiger partial charge on any atom is -0.336 e. The Balaban J connectivity index is 1.42. The van der Waals surface area contributed by atoms with Crippen LogP contribution in [0.5, 0.6) is 0 Å². The Morgan fingerprint density at radius 1 is 0.960 bits per heavy atom. The van der Waals surface area contributed by atoms with Gasteiger partial charge in [0.25, 0.3) is 5.91 Å². The molecular formula is C22H26N2O. The summed E-state index contributed by atoms with van der Waals surface area (Å²) in [6, 6.07) is 17.3. The van der Waals surface area contributed by atoms with Crippen LogP contribution in [0.4, 0.5) is 0 Å². The SMILES string of the molecule is Cc1ccc(C(=O)N2CCN(C3CCCc4ccccc43)CC2)cc1. The molecule has 2 aromatic rings. The monoisotopic (exact) mass is 334 g/mol. The maximum atomic E-state index is 12.7. The first kappa shape index (κ1) is 16.3. The summed E-state index contributed by atoms with van der Waals surface area (Å²) in [5.41, 5.74) is 5.02. The molecule has 2 aromatic carbocycles. The molecule has 0 spiro atoms. The van der Waals surface area contributed by atoms with E-state index in [0.717, 1.165) is 31.7 Å². The zero-order chi connectivity index (χ0) is 17.2. The van der Waals surface area contributed by atoms with Crippen molar-refractivity contribution in [2.75, 3.05) is 26.2 Å². The summed E-state index contributed by atoms with van der Waals surface area (Å²) in [6.45, 7) is 5.64. The van der Waals surface area contributed by atoms with E-state index in [9.17, 15) is 4.79 Å². The molecule has 1 amide bonds. The van der Waals surface area contributed by atoms with Crippen LogP contribution in [0.2, 0.25) is 0 Å². The molecular weight excluding hydrogens is 308 g/mol. The predicted octanol–water partition coefficient (Wildman–Crippen LogP) is 3.83. The lowest BCUT2D eigenvalue weighted by molar-refractivity contribution is 0.0548. The van der Waals surface area contributed by atoms with Crippen LogP contribution in [0.3, 0.4) is 0 Å². The van der Waals surface area contributed by atoms with Gasteiger partial charge in [-0.25, -0.2) is 0 Å². The van der Waals surface area contributed by atoms with Gasteiger partial charge in [-0.1, -0.05) is 42.0 Å². The highest BCUT2D eigenvalue weighted by Gasteiger charge is 2.29. The Morgan fingerprint density at radius 2 is 1.68 bits per heavy atom. The Bertz CT molecular complexity index is 745. The van der Waals surface area contributed by atoms with Gasteiger partial charge in [0, 0.05) is 37.8 Å². The second kappa shape index (κ2) is 7.01. The third-order valence-corrected chi connectivity index (χ3v) is 5.68. The van der Waals surface area contributed by atoms with E-state index >= 15 is 0 Å². The van der Waals surface area contributed by atoms with Gasteiger partial charge in [0.15, 0.2) is 0 Å². The summed E-state index contributed by atoms with van der Waals surface area (Å²) < 4.78 is 0. The van der Waals surface area contributed by atoms with Gasteiger partial charge in [0.2, 0.25) is 0 Å². The molecule has 1 unspecified atom stereocenters. The van der Waals surface area contributed by atoms with Crippen molar-refractivity contribution < 1.29 is 4.79 Å². The van der Waals surface area contributed by atoms with Crippen LogP contribution in [0, 0.1) is 6.92 Å². The van der Waals surface area contributed by atoms with E-state index in [0.29, 0.717) is 6.04 Å². The molecule has 1 aliphatic carbocycles. The Morgan fingerprint density at radius 3 is 2.44 bits per heavy atom. The molecule has 3 heteroatoms. The molecule has 25 heavy (non-hydrogen) atoms. The van der Waals surface area contributed by atoms with Gasteiger partial charge < -0.3 is 4.90 Å². The summed E-state index contributed by atoms with van der Waals surface area (Å²) in [6.07, 6.45) is 3.71. The number of carbonyl (C=O) groups is 1. The van der Waals surface area contributed by atoms with Crippen LogP contribution < -0.4 is 0 Å². The number of hydrogen-bond donors (Lipinski definition) is 0. The van der Waals surface area contributed by atoms with Gasteiger partial charge in [-0.15, -0.1) is 0 Å². The van der Waals surface area contributed by atoms with Crippen molar-refractivity contribution in [3.05, 3.63) is 70.8 Å². The first-order chi connectivity index (χ1) is 12.2. The average molecular weight is 334 g/mol.